The largest absolute Gasteiger partial charge is 0.392 e. The first-order chi connectivity index (χ1) is 15.8. The summed E-state index contributed by atoms with van der Waals surface area (Å²) in [5, 5.41) is 17.5. The van der Waals surface area contributed by atoms with Crippen LogP contribution in [0.15, 0.2) is 53.2 Å². The van der Waals surface area contributed by atoms with Crippen LogP contribution in [-0.4, -0.2) is 43.9 Å². The van der Waals surface area contributed by atoms with Gasteiger partial charge in [0.05, 0.1) is 35.4 Å². The van der Waals surface area contributed by atoms with Crippen LogP contribution in [0, 0.1) is 5.92 Å². The highest BCUT2D eigenvalue weighted by atomic mass is 16.3. The monoisotopic (exact) mass is 445 g/mol. The van der Waals surface area contributed by atoms with Gasteiger partial charge in [-0.25, -0.2) is 14.7 Å². The molecule has 1 aliphatic rings. The van der Waals surface area contributed by atoms with E-state index in [-0.39, 0.29) is 31.0 Å². The first kappa shape index (κ1) is 22.5. The third-order valence-corrected chi connectivity index (χ3v) is 5.74. The average Bonchev–Trinajstić information content (AvgIpc) is 3.22. The Kier molecular flexibility index (Phi) is 6.20. The second kappa shape index (κ2) is 9.07. The quantitative estimate of drug-likeness (QED) is 0.604. The van der Waals surface area contributed by atoms with Crippen molar-refractivity contribution >= 4 is 28.6 Å². The van der Waals surface area contributed by atoms with Gasteiger partial charge < -0.3 is 10.4 Å². The number of aliphatic hydroxyl groups excluding tert-OH is 1. The lowest BCUT2D eigenvalue weighted by molar-refractivity contribution is -0.120. The van der Waals surface area contributed by atoms with Crippen molar-refractivity contribution in [3.05, 3.63) is 59.3 Å². The van der Waals surface area contributed by atoms with Gasteiger partial charge >= 0.3 is 0 Å². The Hall–Kier alpha value is -3.65. The zero-order chi connectivity index (χ0) is 23.7. The molecule has 3 aromatic rings. The van der Waals surface area contributed by atoms with Crippen LogP contribution in [0.3, 0.4) is 0 Å². The summed E-state index contributed by atoms with van der Waals surface area (Å²) in [5.74, 6) is -1.03. The maximum Gasteiger partial charge on any atom is 0.254 e. The van der Waals surface area contributed by atoms with E-state index in [1.54, 1.807) is 23.9 Å². The van der Waals surface area contributed by atoms with E-state index in [0.29, 0.717) is 28.0 Å². The molecular formula is C25H27N5O3. The molecule has 0 saturated carbocycles. The minimum atomic E-state index is -0.478. The Morgan fingerprint density at radius 1 is 1.24 bits per heavy atom. The van der Waals surface area contributed by atoms with E-state index in [1.165, 1.54) is 0 Å². The normalized spacial score (nSPS) is 16.2. The number of nitrogens with zero attached hydrogens (tertiary/aromatic N) is 4. The van der Waals surface area contributed by atoms with Crippen LogP contribution in [0.5, 0.6) is 0 Å². The number of rotatable bonds is 6. The van der Waals surface area contributed by atoms with E-state index < -0.39 is 5.92 Å². The number of allylic oxidation sites excluding steroid dienone is 1. The molecule has 0 radical (unpaired) electrons. The molecule has 8 heteroatoms. The van der Waals surface area contributed by atoms with Gasteiger partial charge in [-0.2, -0.15) is 5.10 Å². The number of nitrogens with one attached hydrogen (secondary N) is 1. The maximum atomic E-state index is 13.3. The molecule has 1 aromatic carbocycles. The number of fused-ring (bicyclic) bond motifs is 1. The van der Waals surface area contributed by atoms with Gasteiger partial charge in [-0.1, -0.05) is 23.8 Å². The Balaban J connectivity index is 1.72. The van der Waals surface area contributed by atoms with Crippen molar-refractivity contribution in [2.24, 2.45) is 10.9 Å². The fourth-order valence-corrected chi connectivity index (χ4v) is 4.01. The molecule has 0 saturated heterocycles. The molecule has 1 unspecified atom stereocenters. The lowest BCUT2D eigenvalue weighted by Crippen LogP contribution is -2.34. The molecule has 2 N–H and O–H groups in total. The third kappa shape index (κ3) is 4.47. The van der Waals surface area contributed by atoms with Gasteiger partial charge in [-0.05, 0) is 51.5 Å². The minimum Gasteiger partial charge on any atom is -0.392 e. The van der Waals surface area contributed by atoms with E-state index in [0.717, 1.165) is 16.7 Å². The topological polar surface area (TPSA) is 109 Å². The summed E-state index contributed by atoms with van der Waals surface area (Å²) in [6.07, 6.45) is 3.51. The SMILES string of the molecule is CC1=CC(C)=NC(=O)C1CNC(=O)c1cc(-c2cccc(CO)c2)nc2c1cnn2C(C)C. The molecule has 1 atom stereocenters. The predicted octanol–water partition coefficient (Wildman–Crippen LogP) is 3.46. The van der Waals surface area contributed by atoms with Crippen LogP contribution in [-0.2, 0) is 11.4 Å². The molecule has 33 heavy (non-hydrogen) atoms. The van der Waals surface area contributed by atoms with Crippen LogP contribution in [0.1, 0.15) is 49.7 Å². The molecule has 1 aliphatic heterocycles. The first-order valence-corrected chi connectivity index (χ1v) is 10.9. The zero-order valence-electron chi connectivity index (χ0n) is 19.2. The summed E-state index contributed by atoms with van der Waals surface area (Å²) in [6.45, 7) is 7.73. The molecule has 170 valence electrons. The lowest BCUT2D eigenvalue weighted by atomic mass is 9.95. The van der Waals surface area contributed by atoms with Crippen LogP contribution >= 0.6 is 0 Å². The van der Waals surface area contributed by atoms with Crippen LogP contribution in [0.2, 0.25) is 0 Å². The van der Waals surface area contributed by atoms with Crippen molar-refractivity contribution in [2.45, 2.75) is 40.3 Å². The summed E-state index contributed by atoms with van der Waals surface area (Å²) in [5.41, 5.74) is 4.74. The summed E-state index contributed by atoms with van der Waals surface area (Å²) in [4.78, 5) is 34.4. The first-order valence-electron chi connectivity index (χ1n) is 10.9. The number of hydrogen-bond acceptors (Lipinski definition) is 5. The van der Waals surface area contributed by atoms with Crippen molar-refractivity contribution in [1.82, 2.24) is 20.1 Å². The summed E-state index contributed by atoms with van der Waals surface area (Å²) in [6, 6.07) is 9.20. The Morgan fingerprint density at radius 2 is 2.03 bits per heavy atom. The highest BCUT2D eigenvalue weighted by molar-refractivity contribution is 6.08. The second-order valence-corrected chi connectivity index (χ2v) is 8.58. The van der Waals surface area contributed by atoms with Crippen LogP contribution in [0.4, 0.5) is 0 Å². The molecule has 0 spiro atoms. The fraction of sp³-hybridized carbons (Fsp3) is 0.320. The summed E-state index contributed by atoms with van der Waals surface area (Å²) < 4.78 is 1.78. The standard InChI is InChI=1S/C25H27N5O3/c1-14(2)30-23-21(12-27-30)19(10-22(29-23)18-7-5-6-17(9-18)13-31)24(32)26-11-20-15(3)8-16(4)28-25(20)33/h5-10,12,14,20,31H,11,13H2,1-4H3,(H,26,32). The number of hydrogen-bond donors (Lipinski definition) is 2. The number of dihydropyridines is 1. The molecule has 0 bridgehead atoms. The number of amides is 2. The van der Waals surface area contributed by atoms with Crippen LogP contribution in [0.25, 0.3) is 22.3 Å². The molecule has 0 fully saturated rings. The van der Waals surface area contributed by atoms with Gasteiger partial charge in [0.2, 0.25) is 0 Å². The number of aliphatic hydroxyl groups is 1. The van der Waals surface area contributed by atoms with Crippen molar-refractivity contribution in [1.29, 1.82) is 0 Å². The van der Waals surface area contributed by atoms with Gasteiger partial charge in [0.15, 0.2) is 5.65 Å². The van der Waals surface area contributed by atoms with Gasteiger partial charge in [0.1, 0.15) is 0 Å². The second-order valence-electron chi connectivity index (χ2n) is 8.58. The molecule has 8 nitrogen and oxygen atoms in total. The highest BCUT2D eigenvalue weighted by Gasteiger charge is 2.25. The van der Waals surface area contributed by atoms with Gasteiger partial charge in [-0.3, -0.25) is 9.59 Å². The molecule has 2 aromatic heterocycles. The number of pyridine rings is 1. The minimum absolute atomic E-state index is 0.0543. The van der Waals surface area contributed by atoms with E-state index >= 15 is 0 Å². The molecule has 4 rings (SSSR count). The number of carbonyl (C=O) groups is 2. The average molecular weight is 446 g/mol. The highest BCUT2D eigenvalue weighted by Crippen LogP contribution is 2.27. The Bertz CT molecular complexity index is 1300. The Labute approximate surface area is 192 Å². The van der Waals surface area contributed by atoms with Gasteiger partial charge in [0, 0.05) is 23.9 Å². The number of benzene rings is 1. The van der Waals surface area contributed by atoms with Gasteiger partial charge in [-0.15, -0.1) is 0 Å². The third-order valence-electron chi connectivity index (χ3n) is 5.74. The fourth-order valence-electron chi connectivity index (χ4n) is 4.01. The van der Waals surface area contributed by atoms with Crippen molar-refractivity contribution in [3.8, 4) is 11.3 Å². The lowest BCUT2D eigenvalue weighted by Gasteiger charge is -2.19. The number of aromatic nitrogens is 3. The maximum absolute atomic E-state index is 13.3. The Morgan fingerprint density at radius 3 is 2.73 bits per heavy atom. The molecular weight excluding hydrogens is 418 g/mol. The molecule has 0 aliphatic carbocycles. The van der Waals surface area contributed by atoms with E-state index in [9.17, 15) is 14.7 Å². The number of aliphatic imine (C=N–C) groups is 1. The summed E-state index contributed by atoms with van der Waals surface area (Å²) >= 11 is 0. The van der Waals surface area contributed by atoms with E-state index in [2.05, 4.69) is 15.4 Å². The van der Waals surface area contributed by atoms with E-state index in [1.807, 2.05) is 51.1 Å². The predicted molar refractivity (Wildman–Crippen MR) is 127 cm³/mol. The van der Waals surface area contributed by atoms with E-state index in [4.69, 9.17) is 4.98 Å². The van der Waals surface area contributed by atoms with Crippen molar-refractivity contribution < 1.29 is 14.7 Å². The molecule has 3 heterocycles. The van der Waals surface area contributed by atoms with Gasteiger partial charge in [0.25, 0.3) is 11.8 Å². The van der Waals surface area contributed by atoms with Crippen molar-refractivity contribution in [3.63, 3.8) is 0 Å². The van der Waals surface area contributed by atoms with Crippen LogP contribution < -0.4 is 5.32 Å². The summed E-state index contributed by atoms with van der Waals surface area (Å²) in [7, 11) is 0. The zero-order valence-corrected chi connectivity index (χ0v) is 19.2. The number of carbonyl (C=O) groups excluding carboxylic acids is 2. The van der Waals surface area contributed by atoms with Crippen molar-refractivity contribution in [2.75, 3.05) is 6.54 Å². The molecule has 2 amide bonds. The smallest absolute Gasteiger partial charge is 0.254 e.